The lowest BCUT2D eigenvalue weighted by Crippen LogP contribution is -2.46. The summed E-state index contributed by atoms with van der Waals surface area (Å²) < 4.78 is 19.0. The summed E-state index contributed by atoms with van der Waals surface area (Å²) in [4.78, 5) is 40.7. The lowest BCUT2D eigenvalue weighted by molar-refractivity contribution is -0.126. The van der Waals surface area contributed by atoms with Gasteiger partial charge in [0.15, 0.2) is 12.1 Å². The Morgan fingerprint density at radius 3 is 2.23 bits per heavy atom. The molecular weight excluding hydrogens is 497 g/mol. The van der Waals surface area contributed by atoms with Gasteiger partial charge in [0.1, 0.15) is 5.82 Å². The topological polar surface area (TPSA) is 87.7 Å². The largest absolute Gasteiger partial charge is 0.438 e. The van der Waals surface area contributed by atoms with Crippen LogP contribution in [0.25, 0.3) is 0 Å². The van der Waals surface area contributed by atoms with Gasteiger partial charge < -0.3 is 15.4 Å². The second-order valence-electron chi connectivity index (χ2n) is 9.15. The zero-order chi connectivity index (χ0) is 27.2. The number of anilines is 1. The van der Waals surface area contributed by atoms with Crippen molar-refractivity contribution in [3.05, 3.63) is 137 Å². The molecule has 4 aromatic carbocycles. The summed E-state index contributed by atoms with van der Waals surface area (Å²) in [5.74, 6) is -1.06. The van der Waals surface area contributed by atoms with Gasteiger partial charge in [-0.25, -0.2) is 9.18 Å². The first-order valence-corrected chi connectivity index (χ1v) is 12.5. The SMILES string of the molecule is O=C(Nc1cccc(C2OC(=O)N(Cc3ccccc3)C2C(=O)NCc2ccc(F)cc2)c1)c1ccccc1. The van der Waals surface area contributed by atoms with Crippen molar-refractivity contribution in [2.24, 2.45) is 0 Å². The fraction of sp³-hybridized carbons (Fsp3) is 0.129. The molecule has 0 bridgehead atoms. The van der Waals surface area contributed by atoms with Gasteiger partial charge in [0.05, 0.1) is 6.54 Å². The van der Waals surface area contributed by atoms with E-state index in [1.54, 1.807) is 60.7 Å². The van der Waals surface area contributed by atoms with Crippen molar-refractivity contribution < 1.29 is 23.5 Å². The van der Waals surface area contributed by atoms with E-state index in [9.17, 15) is 18.8 Å². The van der Waals surface area contributed by atoms with Crippen molar-refractivity contribution in [1.29, 1.82) is 0 Å². The van der Waals surface area contributed by atoms with Crippen LogP contribution in [-0.2, 0) is 22.6 Å². The van der Waals surface area contributed by atoms with Gasteiger partial charge in [-0.05, 0) is 53.1 Å². The molecule has 39 heavy (non-hydrogen) atoms. The Kier molecular flexibility index (Phi) is 7.63. The standard InChI is InChI=1S/C31H26FN3O4/c32-25-16-14-21(15-17-25)19-33-30(37)27-28(39-31(38)35(27)20-22-8-3-1-4-9-22)24-12-7-13-26(18-24)34-29(36)23-10-5-2-6-11-23/h1-18,27-28H,19-20H2,(H,33,37)(H,34,36). The number of nitrogens with zero attached hydrogens (tertiary/aromatic N) is 1. The highest BCUT2D eigenvalue weighted by Gasteiger charge is 2.47. The maximum atomic E-state index is 13.5. The lowest BCUT2D eigenvalue weighted by atomic mass is 10.00. The molecule has 1 aliphatic heterocycles. The van der Waals surface area contributed by atoms with E-state index in [0.29, 0.717) is 22.4 Å². The molecule has 1 aliphatic rings. The van der Waals surface area contributed by atoms with E-state index >= 15 is 0 Å². The monoisotopic (exact) mass is 523 g/mol. The number of cyclic esters (lactones) is 1. The summed E-state index contributed by atoms with van der Waals surface area (Å²) in [7, 11) is 0. The zero-order valence-corrected chi connectivity index (χ0v) is 20.9. The minimum Gasteiger partial charge on any atom is -0.438 e. The molecule has 3 amide bonds. The number of benzene rings is 4. The number of amides is 3. The number of nitrogens with one attached hydrogen (secondary N) is 2. The Labute approximate surface area is 225 Å². The number of halogens is 1. The maximum Gasteiger partial charge on any atom is 0.411 e. The normalized spacial score (nSPS) is 16.4. The lowest BCUT2D eigenvalue weighted by Gasteiger charge is -2.24. The van der Waals surface area contributed by atoms with E-state index in [0.717, 1.165) is 5.56 Å². The van der Waals surface area contributed by atoms with E-state index in [4.69, 9.17) is 4.74 Å². The highest BCUT2D eigenvalue weighted by atomic mass is 19.1. The fourth-order valence-corrected chi connectivity index (χ4v) is 4.47. The van der Waals surface area contributed by atoms with Gasteiger partial charge >= 0.3 is 6.09 Å². The van der Waals surface area contributed by atoms with Crippen molar-refractivity contribution in [1.82, 2.24) is 10.2 Å². The van der Waals surface area contributed by atoms with Crippen LogP contribution in [0.4, 0.5) is 14.9 Å². The summed E-state index contributed by atoms with van der Waals surface area (Å²) in [6, 6.07) is 29.9. The first-order chi connectivity index (χ1) is 19.0. The van der Waals surface area contributed by atoms with Gasteiger partial charge in [-0.3, -0.25) is 14.5 Å². The Morgan fingerprint density at radius 1 is 0.821 bits per heavy atom. The predicted molar refractivity (Wildman–Crippen MR) is 144 cm³/mol. The number of hydrogen-bond acceptors (Lipinski definition) is 4. The molecule has 0 saturated carbocycles. The number of hydrogen-bond donors (Lipinski definition) is 2. The molecule has 4 aromatic rings. The van der Waals surface area contributed by atoms with Crippen molar-refractivity contribution in [2.45, 2.75) is 25.2 Å². The molecule has 1 saturated heterocycles. The van der Waals surface area contributed by atoms with Crippen LogP contribution >= 0.6 is 0 Å². The average molecular weight is 524 g/mol. The van der Waals surface area contributed by atoms with Crippen molar-refractivity contribution in [3.8, 4) is 0 Å². The second-order valence-corrected chi connectivity index (χ2v) is 9.15. The number of ether oxygens (including phenoxy) is 1. The van der Waals surface area contributed by atoms with Crippen molar-refractivity contribution in [3.63, 3.8) is 0 Å². The summed E-state index contributed by atoms with van der Waals surface area (Å²) in [6.45, 7) is 0.331. The fourth-order valence-electron chi connectivity index (χ4n) is 4.47. The second kappa shape index (κ2) is 11.6. The van der Waals surface area contributed by atoms with E-state index in [1.165, 1.54) is 17.0 Å². The van der Waals surface area contributed by atoms with E-state index in [2.05, 4.69) is 10.6 Å². The van der Waals surface area contributed by atoms with Crippen LogP contribution in [-0.4, -0.2) is 28.8 Å². The van der Waals surface area contributed by atoms with Crippen LogP contribution in [0.1, 0.15) is 33.2 Å². The van der Waals surface area contributed by atoms with Gasteiger partial charge in [-0.1, -0.05) is 72.8 Å². The molecule has 1 heterocycles. The van der Waals surface area contributed by atoms with Crippen LogP contribution in [0.2, 0.25) is 0 Å². The third-order valence-corrected chi connectivity index (χ3v) is 6.44. The van der Waals surface area contributed by atoms with E-state index < -0.39 is 24.1 Å². The minimum atomic E-state index is -0.974. The predicted octanol–water partition coefficient (Wildman–Crippen LogP) is 5.46. The molecule has 8 heteroatoms. The van der Waals surface area contributed by atoms with Crippen LogP contribution in [0.3, 0.4) is 0 Å². The van der Waals surface area contributed by atoms with Crippen LogP contribution in [0.15, 0.2) is 109 Å². The van der Waals surface area contributed by atoms with Crippen LogP contribution < -0.4 is 10.6 Å². The van der Waals surface area contributed by atoms with Gasteiger partial charge in [0.2, 0.25) is 5.91 Å². The van der Waals surface area contributed by atoms with Gasteiger partial charge in [0, 0.05) is 17.8 Å². The Hall–Kier alpha value is -4.98. The minimum absolute atomic E-state index is 0.156. The molecule has 2 N–H and O–H groups in total. The summed E-state index contributed by atoms with van der Waals surface area (Å²) in [5, 5.41) is 5.72. The molecule has 0 spiro atoms. The van der Waals surface area contributed by atoms with Crippen molar-refractivity contribution in [2.75, 3.05) is 5.32 Å². The molecule has 7 nitrogen and oxygen atoms in total. The van der Waals surface area contributed by atoms with Crippen LogP contribution in [0, 0.1) is 5.82 Å². The number of carbonyl (C=O) groups excluding carboxylic acids is 3. The molecule has 0 aliphatic carbocycles. The quantitative estimate of drug-likeness (QED) is 0.321. The Balaban J connectivity index is 1.40. The van der Waals surface area contributed by atoms with Crippen molar-refractivity contribution >= 4 is 23.6 Å². The first kappa shape index (κ1) is 25.7. The van der Waals surface area contributed by atoms with Gasteiger partial charge in [-0.15, -0.1) is 0 Å². The molecule has 0 aromatic heterocycles. The van der Waals surface area contributed by atoms with Gasteiger partial charge in [0.25, 0.3) is 5.91 Å². The van der Waals surface area contributed by atoms with Crippen LogP contribution in [0.5, 0.6) is 0 Å². The molecule has 1 fully saturated rings. The highest BCUT2D eigenvalue weighted by Crippen LogP contribution is 2.35. The molecule has 2 atom stereocenters. The maximum absolute atomic E-state index is 13.5. The molecule has 0 radical (unpaired) electrons. The summed E-state index contributed by atoms with van der Waals surface area (Å²) in [5.41, 5.74) is 3.13. The Bertz CT molecular complexity index is 1460. The molecular formula is C31H26FN3O4. The third-order valence-electron chi connectivity index (χ3n) is 6.44. The number of carbonyl (C=O) groups is 3. The average Bonchev–Trinajstić information content (AvgIpc) is 3.29. The van der Waals surface area contributed by atoms with E-state index in [1.807, 2.05) is 36.4 Å². The highest BCUT2D eigenvalue weighted by molar-refractivity contribution is 6.04. The smallest absolute Gasteiger partial charge is 0.411 e. The molecule has 5 rings (SSSR count). The molecule has 2 unspecified atom stereocenters. The summed E-state index contributed by atoms with van der Waals surface area (Å²) >= 11 is 0. The Morgan fingerprint density at radius 2 is 1.51 bits per heavy atom. The van der Waals surface area contributed by atoms with E-state index in [-0.39, 0.29) is 24.8 Å². The number of rotatable bonds is 8. The molecule has 196 valence electrons. The zero-order valence-electron chi connectivity index (χ0n) is 20.9. The first-order valence-electron chi connectivity index (χ1n) is 12.5. The third kappa shape index (κ3) is 6.13. The summed E-state index contributed by atoms with van der Waals surface area (Å²) in [6.07, 6.45) is -1.53. The van der Waals surface area contributed by atoms with Gasteiger partial charge in [-0.2, -0.15) is 0 Å².